The summed E-state index contributed by atoms with van der Waals surface area (Å²) in [4.78, 5) is 10.9. The summed E-state index contributed by atoms with van der Waals surface area (Å²) in [6.45, 7) is 3.12. The minimum atomic E-state index is -1.50. The standard InChI is InChI=1S/C7H12O3/c1-4-3-5(8)7(2,10)6(4)9/h4,6,9-10H,3H2,1-2H3. The van der Waals surface area contributed by atoms with Crippen molar-refractivity contribution in [3.63, 3.8) is 0 Å². The Morgan fingerprint density at radius 2 is 2.20 bits per heavy atom. The largest absolute Gasteiger partial charge is 0.389 e. The number of hydrogen-bond donors (Lipinski definition) is 2. The number of aliphatic hydroxyl groups is 2. The Bertz CT molecular complexity index is 162. The van der Waals surface area contributed by atoms with E-state index in [0.29, 0.717) is 0 Å². The van der Waals surface area contributed by atoms with E-state index in [1.54, 1.807) is 6.92 Å². The summed E-state index contributed by atoms with van der Waals surface area (Å²) in [6.07, 6.45) is -0.603. The first-order valence-corrected chi connectivity index (χ1v) is 3.40. The van der Waals surface area contributed by atoms with Gasteiger partial charge in [0, 0.05) is 6.42 Å². The molecule has 1 aliphatic rings. The van der Waals surface area contributed by atoms with Gasteiger partial charge in [-0.05, 0) is 12.8 Å². The van der Waals surface area contributed by atoms with Crippen LogP contribution in [0, 0.1) is 5.92 Å². The van der Waals surface area contributed by atoms with Crippen molar-refractivity contribution >= 4 is 5.78 Å². The third-order valence-corrected chi connectivity index (χ3v) is 2.19. The molecular weight excluding hydrogens is 132 g/mol. The molecule has 3 heteroatoms. The number of carbonyl (C=O) groups is 1. The fraction of sp³-hybridized carbons (Fsp3) is 0.857. The Hall–Kier alpha value is -0.410. The number of Topliss-reactive ketones (excluding diaryl/α,β-unsaturated/α-hetero) is 1. The molecule has 1 aliphatic carbocycles. The Labute approximate surface area is 59.7 Å². The summed E-state index contributed by atoms with van der Waals surface area (Å²) in [5.74, 6) is -0.366. The van der Waals surface area contributed by atoms with Crippen LogP contribution < -0.4 is 0 Å². The van der Waals surface area contributed by atoms with Gasteiger partial charge in [-0.15, -0.1) is 0 Å². The Balaban J connectivity index is 2.85. The number of hydrogen-bond acceptors (Lipinski definition) is 3. The maximum Gasteiger partial charge on any atom is 0.167 e. The van der Waals surface area contributed by atoms with Gasteiger partial charge in [0.05, 0.1) is 6.10 Å². The fourth-order valence-electron chi connectivity index (χ4n) is 1.33. The van der Waals surface area contributed by atoms with Gasteiger partial charge in [-0.1, -0.05) is 6.92 Å². The SMILES string of the molecule is CC1CC(=O)C(C)(O)C1O. The van der Waals surface area contributed by atoms with Gasteiger partial charge in [0.15, 0.2) is 5.78 Å². The molecule has 3 atom stereocenters. The first-order chi connectivity index (χ1) is 4.46. The number of rotatable bonds is 0. The molecule has 1 saturated carbocycles. The van der Waals surface area contributed by atoms with Gasteiger partial charge in [-0.25, -0.2) is 0 Å². The molecule has 0 saturated heterocycles. The van der Waals surface area contributed by atoms with E-state index in [1.807, 2.05) is 0 Å². The molecule has 0 spiro atoms. The highest BCUT2D eigenvalue weighted by atomic mass is 16.4. The normalized spacial score (nSPS) is 48.2. The second-order valence-electron chi connectivity index (χ2n) is 3.20. The Kier molecular flexibility index (Phi) is 1.57. The van der Waals surface area contributed by atoms with Crippen LogP contribution in [-0.2, 0) is 4.79 Å². The number of aliphatic hydroxyl groups excluding tert-OH is 1. The average molecular weight is 144 g/mol. The van der Waals surface area contributed by atoms with Crippen LogP contribution in [0.1, 0.15) is 20.3 Å². The molecule has 0 aromatic heterocycles. The van der Waals surface area contributed by atoms with E-state index in [1.165, 1.54) is 6.92 Å². The van der Waals surface area contributed by atoms with Crippen LogP contribution in [0.5, 0.6) is 0 Å². The third-order valence-electron chi connectivity index (χ3n) is 2.19. The van der Waals surface area contributed by atoms with E-state index in [2.05, 4.69) is 0 Å². The lowest BCUT2D eigenvalue weighted by molar-refractivity contribution is -0.138. The second-order valence-corrected chi connectivity index (χ2v) is 3.20. The van der Waals surface area contributed by atoms with E-state index < -0.39 is 11.7 Å². The predicted molar refractivity (Wildman–Crippen MR) is 35.4 cm³/mol. The Morgan fingerprint density at radius 3 is 2.30 bits per heavy atom. The Morgan fingerprint density at radius 1 is 1.70 bits per heavy atom. The summed E-state index contributed by atoms with van der Waals surface area (Å²) in [5.41, 5.74) is -1.50. The van der Waals surface area contributed by atoms with Crippen LogP contribution >= 0.6 is 0 Å². The zero-order chi connectivity index (χ0) is 7.94. The summed E-state index contributed by atoms with van der Waals surface area (Å²) in [7, 11) is 0. The lowest BCUT2D eigenvalue weighted by atomic mass is 9.99. The van der Waals surface area contributed by atoms with E-state index in [4.69, 9.17) is 0 Å². The van der Waals surface area contributed by atoms with Crippen LogP contribution in [0.25, 0.3) is 0 Å². The molecule has 0 aromatic rings. The van der Waals surface area contributed by atoms with E-state index >= 15 is 0 Å². The minimum absolute atomic E-state index is 0.109. The minimum Gasteiger partial charge on any atom is -0.389 e. The van der Waals surface area contributed by atoms with Crippen molar-refractivity contribution in [3.8, 4) is 0 Å². The lowest BCUT2D eigenvalue weighted by Gasteiger charge is -2.20. The van der Waals surface area contributed by atoms with Gasteiger partial charge in [0.25, 0.3) is 0 Å². The molecule has 0 aliphatic heterocycles. The molecule has 3 unspecified atom stereocenters. The first kappa shape index (κ1) is 7.69. The molecule has 0 radical (unpaired) electrons. The summed E-state index contributed by atoms with van der Waals surface area (Å²) < 4.78 is 0. The van der Waals surface area contributed by atoms with Crippen LogP contribution in [0.2, 0.25) is 0 Å². The van der Waals surface area contributed by atoms with Gasteiger partial charge < -0.3 is 10.2 Å². The van der Waals surface area contributed by atoms with Crippen molar-refractivity contribution in [1.82, 2.24) is 0 Å². The summed E-state index contributed by atoms with van der Waals surface area (Å²) in [5, 5.41) is 18.5. The van der Waals surface area contributed by atoms with Crippen molar-refractivity contribution < 1.29 is 15.0 Å². The van der Waals surface area contributed by atoms with Crippen molar-refractivity contribution in [1.29, 1.82) is 0 Å². The quantitative estimate of drug-likeness (QED) is 0.491. The molecule has 3 nitrogen and oxygen atoms in total. The highest BCUT2D eigenvalue weighted by Crippen LogP contribution is 2.30. The van der Waals surface area contributed by atoms with E-state index in [-0.39, 0.29) is 18.1 Å². The van der Waals surface area contributed by atoms with Crippen LogP contribution in [0.15, 0.2) is 0 Å². The molecule has 0 heterocycles. The zero-order valence-corrected chi connectivity index (χ0v) is 6.16. The van der Waals surface area contributed by atoms with Crippen molar-refractivity contribution in [2.75, 3.05) is 0 Å². The summed E-state index contributed by atoms with van der Waals surface area (Å²) >= 11 is 0. The van der Waals surface area contributed by atoms with Crippen LogP contribution in [0.4, 0.5) is 0 Å². The monoisotopic (exact) mass is 144 g/mol. The molecule has 0 amide bonds. The molecular formula is C7H12O3. The van der Waals surface area contributed by atoms with Crippen molar-refractivity contribution in [2.45, 2.75) is 32.0 Å². The molecule has 58 valence electrons. The lowest BCUT2D eigenvalue weighted by Crippen LogP contribution is -2.41. The second kappa shape index (κ2) is 2.04. The van der Waals surface area contributed by atoms with Crippen molar-refractivity contribution in [3.05, 3.63) is 0 Å². The van der Waals surface area contributed by atoms with Gasteiger partial charge in [-0.2, -0.15) is 0 Å². The third kappa shape index (κ3) is 0.859. The van der Waals surface area contributed by atoms with Crippen LogP contribution in [0.3, 0.4) is 0 Å². The maximum absolute atomic E-state index is 10.9. The smallest absolute Gasteiger partial charge is 0.167 e. The van der Waals surface area contributed by atoms with Gasteiger partial charge in [0.2, 0.25) is 0 Å². The molecule has 0 aromatic carbocycles. The van der Waals surface area contributed by atoms with E-state index in [9.17, 15) is 15.0 Å². The molecule has 1 fully saturated rings. The molecule has 2 N–H and O–H groups in total. The predicted octanol–water partition coefficient (Wildman–Crippen LogP) is -0.293. The van der Waals surface area contributed by atoms with Gasteiger partial charge in [-0.3, -0.25) is 4.79 Å². The van der Waals surface area contributed by atoms with E-state index in [0.717, 1.165) is 0 Å². The number of carbonyl (C=O) groups excluding carboxylic acids is 1. The average Bonchev–Trinajstić information content (AvgIpc) is 1.97. The maximum atomic E-state index is 10.9. The number of ketones is 1. The fourth-order valence-corrected chi connectivity index (χ4v) is 1.33. The molecule has 0 bridgehead atoms. The molecule has 1 rings (SSSR count). The topological polar surface area (TPSA) is 57.5 Å². The van der Waals surface area contributed by atoms with Crippen molar-refractivity contribution in [2.24, 2.45) is 5.92 Å². The molecule has 10 heavy (non-hydrogen) atoms. The van der Waals surface area contributed by atoms with Gasteiger partial charge >= 0.3 is 0 Å². The zero-order valence-electron chi connectivity index (χ0n) is 6.16. The van der Waals surface area contributed by atoms with Gasteiger partial charge in [0.1, 0.15) is 5.60 Å². The first-order valence-electron chi connectivity index (χ1n) is 3.40. The highest BCUT2D eigenvalue weighted by molar-refractivity contribution is 5.90. The van der Waals surface area contributed by atoms with Crippen LogP contribution in [-0.4, -0.2) is 27.7 Å². The summed E-state index contributed by atoms with van der Waals surface area (Å²) in [6, 6.07) is 0. The highest BCUT2D eigenvalue weighted by Gasteiger charge is 2.47.